The molecule has 2 N–H and O–H groups in total. The third-order valence-electron chi connectivity index (χ3n) is 4.12. The van der Waals surface area contributed by atoms with Crippen molar-refractivity contribution in [1.82, 2.24) is 20.1 Å². The minimum Gasteiger partial charge on any atom is -0.480 e. The molecular formula is C18H19ClN4O3. The number of amides is 1. The van der Waals surface area contributed by atoms with Crippen molar-refractivity contribution < 1.29 is 14.7 Å². The lowest BCUT2D eigenvalue weighted by atomic mass is 10.1. The van der Waals surface area contributed by atoms with E-state index in [1.54, 1.807) is 22.9 Å². The SMILES string of the molecule is C=CCCC(NC(=O)c1nc(C2CC2)n(-c2ccccc2Cl)n1)C(=O)O. The predicted octanol–water partition coefficient (Wildman–Crippen LogP) is 2.95. The smallest absolute Gasteiger partial charge is 0.326 e. The highest BCUT2D eigenvalue weighted by molar-refractivity contribution is 6.32. The first kappa shape index (κ1) is 18.1. The molecular weight excluding hydrogens is 356 g/mol. The molecule has 1 saturated carbocycles. The summed E-state index contributed by atoms with van der Waals surface area (Å²) in [7, 11) is 0. The summed E-state index contributed by atoms with van der Waals surface area (Å²) in [5.74, 6) is -0.878. The molecule has 1 aromatic carbocycles. The van der Waals surface area contributed by atoms with Crippen molar-refractivity contribution in [2.45, 2.75) is 37.6 Å². The van der Waals surface area contributed by atoms with Crippen LogP contribution in [0.2, 0.25) is 5.02 Å². The average molecular weight is 375 g/mol. The number of carbonyl (C=O) groups excluding carboxylic acids is 1. The van der Waals surface area contributed by atoms with E-state index in [0.29, 0.717) is 23.0 Å². The van der Waals surface area contributed by atoms with Crippen molar-refractivity contribution in [3.05, 3.63) is 53.6 Å². The van der Waals surface area contributed by atoms with E-state index in [2.05, 4.69) is 22.0 Å². The second kappa shape index (κ2) is 7.70. The molecule has 136 valence electrons. The number of carboxylic acids is 1. The zero-order chi connectivity index (χ0) is 18.7. The van der Waals surface area contributed by atoms with Gasteiger partial charge in [-0.1, -0.05) is 29.8 Å². The lowest BCUT2D eigenvalue weighted by molar-refractivity contribution is -0.139. The van der Waals surface area contributed by atoms with Gasteiger partial charge < -0.3 is 10.4 Å². The van der Waals surface area contributed by atoms with Gasteiger partial charge in [0.05, 0.1) is 10.7 Å². The number of nitrogens with zero attached hydrogens (tertiary/aromatic N) is 3. The van der Waals surface area contributed by atoms with Crippen molar-refractivity contribution in [1.29, 1.82) is 0 Å². The lowest BCUT2D eigenvalue weighted by Crippen LogP contribution is -2.41. The molecule has 0 saturated heterocycles. The van der Waals surface area contributed by atoms with Crippen molar-refractivity contribution in [3.63, 3.8) is 0 Å². The predicted molar refractivity (Wildman–Crippen MR) is 96.7 cm³/mol. The van der Waals surface area contributed by atoms with Crippen molar-refractivity contribution >= 4 is 23.5 Å². The van der Waals surface area contributed by atoms with E-state index in [9.17, 15) is 14.7 Å². The van der Waals surface area contributed by atoms with Crippen LogP contribution in [0.5, 0.6) is 0 Å². The Morgan fingerprint density at radius 1 is 1.42 bits per heavy atom. The number of allylic oxidation sites excluding steroid dienone is 1. The third kappa shape index (κ3) is 3.94. The molecule has 3 rings (SSSR count). The number of benzene rings is 1. The Hall–Kier alpha value is -2.67. The van der Waals surface area contributed by atoms with Crippen LogP contribution in [-0.2, 0) is 4.79 Å². The summed E-state index contributed by atoms with van der Waals surface area (Å²) in [5.41, 5.74) is 0.643. The molecule has 0 bridgehead atoms. The van der Waals surface area contributed by atoms with Gasteiger partial charge in [0, 0.05) is 5.92 Å². The monoisotopic (exact) mass is 374 g/mol. The molecule has 2 aromatic rings. The molecule has 0 spiro atoms. The van der Waals surface area contributed by atoms with E-state index in [4.69, 9.17) is 11.6 Å². The van der Waals surface area contributed by atoms with Crippen LogP contribution in [-0.4, -0.2) is 37.8 Å². The van der Waals surface area contributed by atoms with Gasteiger partial charge in [0.15, 0.2) is 0 Å². The molecule has 1 amide bonds. The Morgan fingerprint density at radius 2 is 2.15 bits per heavy atom. The fourth-order valence-electron chi connectivity index (χ4n) is 2.59. The van der Waals surface area contributed by atoms with Crippen LogP contribution in [0.15, 0.2) is 36.9 Å². The summed E-state index contributed by atoms with van der Waals surface area (Å²) in [5, 5.41) is 16.5. The highest BCUT2D eigenvalue weighted by Gasteiger charge is 2.32. The van der Waals surface area contributed by atoms with E-state index in [-0.39, 0.29) is 18.2 Å². The third-order valence-corrected chi connectivity index (χ3v) is 4.44. The van der Waals surface area contributed by atoms with Crippen molar-refractivity contribution in [3.8, 4) is 5.69 Å². The van der Waals surface area contributed by atoms with Crippen LogP contribution in [0.3, 0.4) is 0 Å². The molecule has 1 aliphatic carbocycles. The molecule has 8 heteroatoms. The number of aromatic nitrogens is 3. The largest absolute Gasteiger partial charge is 0.480 e. The maximum Gasteiger partial charge on any atom is 0.326 e. The number of carboxylic acid groups (broad SMARTS) is 1. The number of halogens is 1. The van der Waals surface area contributed by atoms with Crippen LogP contribution in [0.4, 0.5) is 0 Å². The fourth-order valence-corrected chi connectivity index (χ4v) is 2.81. The zero-order valence-corrected chi connectivity index (χ0v) is 14.8. The van der Waals surface area contributed by atoms with Crippen LogP contribution >= 0.6 is 11.6 Å². The highest BCUT2D eigenvalue weighted by atomic mass is 35.5. The molecule has 1 fully saturated rings. The summed E-state index contributed by atoms with van der Waals surface area (Å²) in [4.78, 5) is 28.1. The van der Waals surface area contributed by atoms with Gasteiger partial charge >= 0.3 is 5.97 Å². The van der Waals surface area contributed by atoms with Gasteiger partial charge in [0.25, 0.3) is 5.91 Å². The molecule has 1 aromatic heterocycles. The van der Waals surface area contributed by atoms with Gasteiger partial charge in [-0.3, -0.25) is 4.79 Å². The van der Waals surface area contributed by atoms with E-state index in [1.165, 1.54) is 0 Å². The van der Waals surface area contributed by atoms with E-state index >= 15 is 0 Å². The Bertz CT molecular complexity index is 845. The Balaban J connectivity index is 1.87. The Morgan fingerprint density at radius 3 is 2.77 bits per heavy atom. The second-order valence-corrected chi connectivity index (χ2v) is 6.57. The summed E-state index contributed by atoms with van der Waals surface area (Å²) in [6.45, 7) is 3.57. The minimum atomic E-state index is -1.10. The summed E-state index contributed by atoms with van der Waals surface area (Å²) < 4.78 is 1.58. The molecule has 1 aliphatic rings. The summed E-state index contributed by atoms with van der Waals surface area (Å²) >= 11 is 6.25. The van der Waals surface area contributed by atoms with E-state index < -0.39 is 17.9 Å². The average Bonchev–Trinajstić information content (AvgIpc) is 3.37. The molecule has 0 radical (unpaired) electrons. The number of hydrogen-bond acceptors (Lipinski definition) is 4. The maximum atomic E-state index is 12.5. The summed E-state index contributed by atoms with van der Waals surface area (Å²) in [6, 6.07) is 6.16. The Kier molecular flexibility index (Phi) is 5.37. The normalized spacial score (nSPS) is 14.7. The molecule has 1 heterocycles. The standard InChI is InChI=1S/C18H19ClN4O3/c1-2-3-7-13(18(25)26)20-17(24)15-21-16(11-9-10-11)23(22-15)14-8-5-4-6-12(14)19/h2,4-6,8,11,13H,1,3,7,9-10H2,(H,20,24)(H,25,26). The summed E-state index contributed by atoms with van der Waals surface area (Å²) in [6.07, 6.45) is 4.29. The van der Waals surface area contributed by atoms with Crippen LogP contribution in [0.1, 0.15) is 48.0 Å². The lowest BCUT2D eigenvalue weighted by Gasteiger charge is -2.11. The van der Waals surface area contributed by atoms with Crippen molar-refractivity contribution in [2.24, 2.45) is 0 Å². The Labute approximate surface area is 155 Å². The quantitative estimate of drug-likeness (QED) is 0.692. The maximum absolute atomic E-state index is 12.5. The topological polar surface area (TPSA) is 97.1 Å². The highest BCUT2D eigenvalue weighted by Crippen LogP contribution is 2.40. The zero-order valence-electron chi connectivity index (χ0n) is 14.1. The van der Waals surface area contributed by atoms with Crippen LogP contribution in [0, 0.1) is 0 Å². The first-order valence-electron chi connectivity index (χ1n) is 8.37. The van der Waals surface area contributed by atoms with Gasteiger partial charge in [0.1, 0.15) is 11.9 Å². The molecule has 26 heavy (non-hydrogen) atoms. The van der Waals surface area contributed by atoms with E-state index in [1.807, 2.05) is 12.1 Å². The van der Waals surface area contributed by atoms with Gasteiger partial charge in [-0.2, -0.15) is 0 Å². The number of hydrogen-bond donors (Lipinski definition) is 2. The molecule has 1 atom stereocenters. The molecule has 0 aliphatic heterocycles. The number of rotatable bonds is 8. The van der Waals surface area contributed by atoms with Gasteiger partial charge in [0.2, 0.25) is 5.82 Å². The fraction of sp³-hybridized carbons (Fsp3) is 0.333. The minimum absolute atomic E-state index is 0.0586. The van der Waals surface area contributed by atoms with Gasteiger partial charge in [-0.05, 0) is 37.8 Å². The molecule has 1 unspecified atom stereocenters. The number of para-hydroxylation sites is 1. The van der Waals surface area contributed by atoms with Crippen molar-refractivity contribution in [2.75, 3.05) is 0 Å². The van der Waals surface area contributed by atoms with Crippen LogP contribution < -0.4 is 5.32 Å². The number of aliphatic carboxylic acids is 1. The van der Waals surface area contributed by atoms with E-state index in [0.717, 1.165) is 12.8 Å². The second-order valence-electron chi connectivity index (χ2n) is 6.16. The number of nitrogens with one attached hydrogen (secondary N) is 1. The first-order chi connectivity index (χ1) is 12.5. The molecule has 7 nitrogen and oxygen atoms in total. The van der Waals surface area contributed by atoms with Gasteiger partial charge in [-0.15, -0.1) is 11.7 Å². The number of carbonyl (C=O) groups is 2. The van der Waals surface area contributed by atoms with Gasteiger partial charge in [-0.25, -0.2) is 14.5 Å². The first-order valence-corrected chi connectivity index (χ1v) is 8.75. The van der Waals surface area contributed by atoms with Crippen LogP contribution in [0.25, 0.3) is 5.69 Å².